The molecule has 0 spiro atoms. The number of anilines is 1. The maximum absolute atomic E-state index is 13.2. The molecule has 0 saturated carbocycles. The Labute approximate surface area is 167 Å². The molecule has 1 aliphatic heterocycles. The topological polar surface area (TPSA) is 46.6 Å². The molecule has 0 atom stereocenters. The van der Waals surface area contributed by atoms with E-state index in [-0.39, 0.29) is 11.5 Å². The van der Waals surface area contributed by atoms with Crippen molar-refractivity contribution in [3.8, 4) is 0 Å². The molecule has 138 valence electrons. The number of allylic oxidation sites excluding steroid dienone is 1. The van der Waals surface area contributed by atoms with E-state index in [2.05, 4.69) is 0 Å². The summed E-state index contributed by atoms with van der Waals surface area (Å²) in [5, 5.41) is 0.602. The van der Waals surface area contributed by atoms with E-state index in [0.717, 1.165) is 10.5 Å². The molecule has 0 unspecified atom stereocenters. The van der Waals surface area contributed by atoms with E-state index in [1.807, 2.05) is 30.5 Å². The van der Waals surface area contributed by atoms with Gasteiger partial charge in [0.25, 0.3) is 5.91 Å². The van der Waals surface area contributed by atoms with Crippen LogP contribution in [0.3, 0.4) is 0 Å². The quantitative estimate of drug-likeness (QED) is 0.415. The van der Waals surface area contributed by atoms with Crippen molar-refractivity contribution >= 4 is 47.0 Å². The van der Waals surface area contributed by atoms with E-state index < -0.39 is 5.97 Å². The average molecular weight is 400 g/mol. The molecular weight excluding hydrogens is 382 g/mol. The van der Waals surface area contributed by atoms with Crippen LogP contribution in [0.5, 0.6) is 0 Å². The SMILES string of the molecule is COC(=O)C1=C(C)N(c2cccc(SC)c2)C(=O)/C1=C\c1ccc(Cl)cc1. The molecule has 4 nitrogen and oxygen atoms in total. The van der Waals surface area contributed by atoms with Crippen molar-refractivity contribution < 1.29 is 14.3 Å². The van der Waals surface area contributed by atoms with Gasteiger partial charge in [-0.05, 0) is 55.2 Å². The van der Waals surface area contributed by atoms with Crippen LogP contribution in [0.4, 0.5) is 5.69 Å². The van der Waals surface area contributed by atoms with Gasteiger partial charge in [-0.3, -0.25) is 9.69 Å². The lowest BCUT2D eigenvalue weighted by molar-refractivity contribution is -0.136. The second kappa shape index (κ2) is 8.03. The van der Waals surface area contributed by atoms with Crippen molar-refractivity contribution in [2.75, 3.05) is 18.3 Å². The number of benzene rings is 2. The van der Waals surface area contributed by atoms with Crippen LogP contribution in [0.25, 0.3) is 6.08 Å². The lowest BCUT2D eigenvalue weighted by atomic mass is 10.0. The molecule has 1 heterocycles. The fraction of sp³-hybridized carbons (Fsp3) is 0.143. The highest BCUT2D eigenvalue weighted by atomic mass is 35.5. The van der Waals surface area contributed by atoms with Crippen LogP contribution < -0.4 is 4.90 Å². The van der Waals surface area contributed by atoms with Gasteiger partial charge in [0.1, 0.15) is 0 Å². The molecule has 0 N–H and O–H groups in total. The van der Waals surface area contributed by atoms with Crippen molar-refractivity contribution in [1.29, 1.82) is 0 Å². The first kappa shape index (κ1) is 19.3. The summed E-state index contributed by atoms with van der Waals surface area (Å²) in [7, 11) is 1.31. The van der Waals surface area contributed by atoms with Gasteiger partial charge >= 0.3 is 5.97 Å². The number of halogens is 1. The normalized spacial score (nSPS) is 15.6. The number of carbonyl (C=O) groups is 2. The molecule has 2 aromatic carbocycles. The maximum Gasteiger partial charge on any atom is 0.340 e. The highest BCUT2D eigenvalue weighted by Crippen LogP contribution is 2.36. The summed E-state index contributed by atoms with van der Waals surface area (Å²) >= 11 is 7.52. The smallest absolute Gasteiger partial charge is 0.340 e. The molecule has 0 bridgehead atoms. The number of hydrogen-bond donors (Lipinski definition) is 0. The Morgan fingerprint density at radius 2 is 1.89 bits per heavy atom. The van der Waals surface area contributed by atoms with Gasteiger partial charge < -0.3 is 4.74 Å². The predicted molar refractivity (Wildman–Crippen MR) is 110 cm³/mol. The lowest BCUT2D eigenvalue weighted by Gasteiger charge is -2.18. The predicted octanol–water partition coefficient (Wildman–Crippen LogP) is 4.94. The highest BCUT2D eigenvalue weighted by Gasteiger charge is 2.37. The van der Waals surface area contributed by atoms with E-state index in [1.165, 1.54) is 7.11 Å². The number of amides is 1. The molecule has 0 fully saturated rings. The van der Waals surface area contributed by atoms with Gasteiger partial charge in [-0.1, -0.05) is 29.8 Å². The van der Waals surface area contributed by atoms with Crippen molar-refractivity contribution in [2.45, 2.75) is 11.8 Å². The highest BCUT2D eigenvalue weighted by molar-refractivity contribution is 7.98. The number of hydrogen-bond acceptors (Lipinski definition) is 4. The number of ether oxygens (including phenoxy) is 1. The molecule has 1 aliphatic rings. The molecule has 0 aliphatic carbocycles. The number of thioether (sulfide) groups is 1. The molecule has 6 heteroatoms. The minimum absolute atomic E-state index is 0.263. The fourth-order valence-electron chi connectivity index (χ4n) is 2.97. The van der Waals surface area contributed by atoms with E-state index in [1.54, 1.807) is 53.9 Å². The summed E-state index contributed by atoms with van der Waals surface area (Å²) in [5.74, 6) is -0.800. The zero-order valence-corrected chi connectivity index (χ0v) is 16.7. The molecule has 0 aromatic heterocycles. The first-order valence-corrected chi connectivity index (χ1v) is 9.82. The molecule has 3 rings (SSSR count). The van der Waals surface area contributed by atoms with Crippen molar-refractivity contribution in [3.05, 3.63) is 76.0 Å². The van der Waals surface area contributed by atoms with Gasteiger partial charge in [-0.2, -0.15) is 0 Å². The average Bonchev–Trinajstić information content (AvgIpc) is 2.92. The van der Waals surface area contributed by atoms with Crippen LogP contribution in [0.1, 0.15) is 12.5 Å². The van der Waals surface area contributed by atoms with Gasteiger partial charge in [-0.25, -0.2) is 4.79 Å². The zero-order chi connectivity index (χ0) is 19.6. The van der Waals surface area contributed by atoms with Gasteiger partial charge in [0.2, 0.25) is 0 Å². The molecular formula is C21H18ClNO3S. The third-order valence-electron chi connectivity index (χ3n) is 4.28. The summed E-state index contributed by atoms with van der Waals surface area (Å²) in [6.45, 7) is 1.75. The Morgan fingerprint density at radius 1 is 1.19 bits per heavy atom. The van der Waals surface area contributed by atoms with Crippen LogP contribution in [0.15, 0.2) is 70.3 Å². The van der Waals surface area contributed by atoms with Crippen molar-refractivity contribution in [1.82, 2.24) is 0 Å². The second-order valence-corrected chi connectivity index (χ2v) is 7.22. The first-order valence-electron chi connectivity index (χ1n) is 8.21. The minimum atomic E-state index is -0.537. The standard InChI is InChI=1S/C21H18ClNO3S/c1-13-19(21(25)26-2)18(11-14-7-9-15(22)10-8-14)20(24)23(13)16-5-4-6-17(12-16)27-3/h4-12H,1-3H3/b18-11-. The first-order chi connectivity index (χ1) is 13.0. The largest absolute Gasteiger partial charge is 0.465 e. The fourth-order valence-corrected chi connectivity index (χ4v) is 3.55. The summed E-state index contributed by atoms with van der Waals surface area (Å²) in [6.07, 6.45) is 3.66. The summed E-state index contributed by atoms with van der Waals surface area (Å²) in [5.41, 5.74) is 2.61. The van der Waals surface area contributed by atoms with Crippen molar-refractivity contribution in [2.24, 2.45) is 0 Å². The van der Waals surface area contributed by atoms with Gasteiger partial charge in [0.15, 0.2) is 0 Å². The number of rotatable bonds is 4. The van der Waals surface area contributed by atoms with Gasteiger partial charge in [-0.15, -0.1) is 11.8 Å². The Bertz CT molecular complexity index is 964. The Balaban J connectivity index is 2.12. The van der Waals surface area contributed by atoms with Gasteiger partial charge in [0, 0.05) is 15.6 Å². The van der Waals surface area contributed by atoms with Crippen LogP contribution in [0, 0.1) is 0 Å². The summed E-state index contributed by atoms with van der Waals surface area (Å²) < 4.78 is 4.93. The minimum Gasteiger partial charge on any atom is -0.465 e. The summed E-state index contributed by atoms with van der Waals surface area (Å²) in [6, 6.07) is 14.7. The lowest BCUT2D eigenvalue weighted by Crippen LogP contribution is -2.24. The molecule has 0 radical (unpaired) electrons. The van der Waals surface area contributed by atoms with E-state index >= 15 is 0 Å². The van der Waals surface area contributed by atoms with E-state index in [9.17, 15) is 9.59 Å². The monoisotopic (exact) mass is 399 g/mol. The third-order valence-corrected chi connectivity index (χ3v) is 5.26. The zero-order valence-electron chi connectivity index (χ0n) is 15.2. The van der Waals surface area contributed by atoms with E-state index in [0.29, 0.717) is 22.0 Å². The second-order valence-electron chi connectivity index (χ2n) is 5.90. The Morgan fingerprint density at radius 3 is 2.52 bits per heavy atom. The van der Waals surface area contributed by atoms with Crippen molar-refractivity contribution in [3.63, 3.8) is 0 Å². The molecule has 0 saturated heterocycles. The van der Waals surface area contributed by atoms with Crippen LogP contribution in [-0.2, 0) is 14.3 Å². The Kier molecular flexibility index (Phi) is 5.73. The molecule has 1 amide bonds. The molecule has 27 heavy (non-hydrogen) atoms. The Hall–Kier alpha value is -2.50. The number of carbonyl (C=O) groups excluding carboxylic acids is 2. The van der Waals surface area contributed by atoms with Gasteiger partial charge in [0.05, 0.1) is 23.9 Å². The number of methoxy groups -OCH3 is 1. The number of esters is 1. The summed E-state index contributed by atoms with van der Waals surface area (Å²) in [4.78, 5) is 28.2. The van der Waals surface area contributed by atoms with E-state index in [4.69, 9.17) is 16.3 Å². The number of nitrogens with zero attached hydrogens (tertiary/aromatic N) is 1. The van der Waals surface area contributed by atoms with Crippen LogP contribution in [0.2, 0.25) is 5.02 Å². The third kappa shape index (κ3) is 3.80. The maximum atomic E-state index is 13.2. The van der Waals surface area contributed by atoms with Crippen LogP contribution in [-0.4, -0.2) is 25.2 Å². The van der Waals surface area contributed by atoms with Crippen LogP contribution >= 0.6 is 23.4 Å². The molecule has 2 aromatic rings.